The van der Waals surface area contributed by atoms with Crippen LogP contribution >= 0.6 is 15.9 Å². The monoisotopic (exact) mass is 363 g/mol. The summed E-state index contributed by atoms with van der Waals surface area (Å²) in [6, 6.07) is 5.89. The molecule has 0 saturated carbocycles. The summed E-state index contributed by atoms with van der Waals surface area (Å²) in [4.78, 5) is 0. The molecule has 0 bridgehead atoms. The molecule has 0 amide bonds. The zero-order valence-corrected chi connectivity index (χ0v) is 14.4. The van der Waals surface area contributed by atoms with Crippen molar-refractivity contribution in [1.29, 1.82) is 0 Å². The molecular formula is C15H18BrN5O. The highest BCUT2D eigenvalue weighted by molar-refractivity contribution is 9.10. The van der Waals surface area contributed by atoms with Crippen molar-refractivity contribution in [2.75, 3.05) is 5.32 Å². The summed E-state index contributed by atoms with van der Waals surface area (Å²) < 4.78 is 7.93. The van der Waals surface area contributed by atoms with Crippen molar-refractivity contribution < 1.29 is 4.52 Å². The van der Waals surface area contributed by atoms with Crippen LogP contribution in [0.25, 0.3) is 11.0 Å². The average Bonchev–Trinajstić information content (AvgIpc) is 3.07. The first-order valence-electron chi connectivity index (χ1n) is 7.09. The molecule has 3 rings (SSSR count). The predicted molar refractivity (Wildman–Crippen MR) is 88.5 cm³/mol. The standard InChI is InChI=1S/C15H18BrN5O/c1-15(2,3)9-21-12-5-4-11(13(16)14(12)19-20-21)17-8-10-6-7-18-22-10/h4-7,17H,8-9H2,1-3H3. The molecule has 0 aliphatic carbocycles. The minimum absolute atomic E-state index is 0.149. The number of hydrogen-bond donors (Lipinski definition) is 1. The Bertz CT molecular complexity index is 773. The molecule has 0 spiro atoms. The highest BCUT2D eigenvalue weighted by Gasteiger charge is 2.17. The van der Waals surface area contributed by atoms with Crippen LogP contribution in [0.3, 0.4) is 0 Å². The zero-order valence-electron chi connectivity index (χ0n) is 12.8. The largest absolute Gasteiger partial charge is 0.377 e. The topological polar surface area (TPSA) is 68.8 Å². The minimum atomic E-state index is 0.149. The van der Waals surface area contributed by atoms with Crippen molar-refractivity contribution in [3.05, 3.63) is 34.6 Å². The number of halogens is 1. The van der Waals surface area contributed by atoms with Gasteiger partial charge in [-0.15, -0.1) is 5.10 Å². The fourth-order valence-electron chi connectivity index (χ4n) is 2.22. The fraction of sp³-hybridized carbons (Fsp3) is 0.400. The summed E-state index contributed by atoms with van der Waals surface area (Å²) >= 11 is 3.61. The number of nitrogens with one attached hydrogen (secondary N) is 1. The highest BCUT2D eigenvalue weighted by Crippen LogP contribution is 2.31. The van der Waals surface area contributed by atoms with E-state index in [0.29, 0.717) is 6.54 Å². The zero-order chi connectivity index (χ0) is 15.7. The molecule has 22 heavy (non-hydrogen) atoms. The Kier molecular flexibility index (Phi) is 3.90. The molecule has 7 heteroatoms. The molecule has 6 nitrogen and oxygen atoms in total. The van der Waals surface area contributed by atoms with Crippen molar-refractivity contribution in [2.45, 2.75) is 33.9 Å². The van der Waals surface area contributed by atoms with Crippen molar-refractivity contribution in [2.24, 2.45) is 5.41 Å². The third kappa shape index (κ3) is 3.14. The molecule has 1 N–H and O–H groups in total. The molecule has 0 aliphatic heterocycles. The lowest BCUT2D eigenvalue weighted by atomic mass is 9.97. The van der Waals surface area contributed by atoms with Crippen LogP contribution in [-0.4, -0.2) is 20.2 Å². The van der Waals surface area contributed by atoms with E-state index < -0.39 is 0 Å². The molecule has 1 aromatic carbocycles. The second-order valence-corrected chi connectivity index (χ2v) is 7.23. The van der Waals surface area contributed by atoms with Gasteiger partial charge in [-0.1, -0.05) is 31.1 Å². The summed E-state index contributed by atoms with van der Waals surface area (Å²) in [5, 5.41) is 15.6. The van der Waals surface area contributed by atoms with Gasteiger partial charge in [-0.2, -0.15) is 0 Å². The van der Waals surface area contributed by atoms with E-state index in [1.807, 2.05) is 22.9 Å². The van der Waals surface area contributed by atoms with Gasteiger partial charge in [-0.05, 0) is 33.5 Å². The molecule has 2 heterocycles. The number of fused-ring (bicyclic) bond motifs is 1. The van der Waals surface area contributed by atoms with E-state index >= 15 is 0 Å². The van der Waals surface area contributed by atoms with Crippen LogP contribution in [0, 0.1) is 5.41 Å². The third-order valence-electron chi connectivity index (χ3n) is 3.19. The number of rotatable bonds is 4. The van der Waals surface area contributed by atoms with E-state index in [1.54, 1.807) is 6.20 Å². The molecular weight excluding hydrogens is 346 g/mol. The summed E-state index contributed by atoms with van der Waals surface area (Å²) in [5.74, 6) is 0.781. The van der Waals surface area contributed by atoms with Crippen molar-refractivity contribution >= 4 is 32.7 Å². The maximum Gasteiger partial charge on any atom is 0.155 e. The summed E-state index contributed by atoms with van der Waals surface area (Å²) in [6.45, 7) is 7.94. The van der Waals surface area contributed by atoms with E-state index in [-0.39, 0.29) is 5.41 Å². The average molecular weight is 364 g/mol. The van der Waals surface area contributed by atoms with Gasteiger partial charge in [0.15, 0.2) is 5.76 Å². The predicted octanol–water partition coefficient (Wildman–Crippen LogP) is 3.84. The lowest BCUT2D eigenvalue weighted by molar-refractivity contribution is 0.327. The van der Waals surface area contributed by atoms with Crippen molar-refractivity contribution in [3.8, 4) is 0 Å². The van der Waals surface area contributed by atoms with Crippen LogP contribution in [-0.2, 0) is 13.1 Å². The second kappa shape index (κ2) is 5.72. The number of hydrogen-bond acceptors (Lipinski definition) is 5. The van der Waals surface area contributed by atoms with E-state index in [2.05, 4.69) is 57.5 Å². The van der Waals surface area contributed by atoms with Gasteiger partial charge < -0.3 is 9.84 Å². The summed E-state index contributed by atoms with van der Waals surface area (Å²) in [6.07, 6.45) is 1.63. The fourth-order valence-corrected chi connectivity index (χ4v) is 2.78. The molecule has 0 atom stereocenters. The maximum absolute atomic E-state index is 5.08. The van der Waals surface area contributed by atoms with Crippen LogP contribution < -0.4 is 5.32 Å². The molecule has 0 saturated heterocycles. The SMILES string of the molecule is CC(C)(C)Cn1nnc2c(Br)c(NCc3ccno3)ccc21. The number of nitrogens with zero attached hydrogens (tertiary/aromatic N) is 4. The van der Waals surface area contributed by atoms with E-state index in [1.165, 1.54) is 0 Å². The van der Waals surface area contributed by atoms with Crippen LogP contribution in [0.2, 0.25) is 0 Å². The summed E-state index contributed by atoms with van der Waals surface area (Å²) in [7, 11) is 0. The molecule has 0 unspecified atom stereocenters. The van der Waals surface area contributed by atoms with Crippen LogP contribution in [0.4, 0.5) is 5.69 Å². The molecule has 0 aliphatic rings. The van der Waals surface area contributed by atoms with Crippen molar-refractivity contribution in [3.63, 3.8) is 0 Å². The Morgan fingerprint density at radius 1 is 1.27 bits per heavy atom. The van der Waals surface area contributed by atoms with Gasteiger partial charge in [0.05, 0.1) is 28.4 Å². The highest BCUT2D eigenvalue weighted by atomic mass is 79.9. The maximum atomic E-state index is 5.08. The van der Waals surface area contributed by atoms with Gasteiger partial charge >= 0.3 is 0 Å². The Morgan fingerprint density at radius 2 is 2.09 bits per heavy atom. The van der Waals surface area contributed by atoms with Crippen LogP contribution in [0.15, 0.2) is 33.4 Å². The lowest BCUT2D eigenvalue weighted by Crippen LogP contribution is -2.16. The van der Waals surface area contributed by atoms with Gasteiger partial charge in [0.1, 0.15) is 5.52 Å². The molecule has 116 valence electrons. The first-order valence-corrected chi connectivity index (χ1v) is 7.88. The number of aromatic nitrogens is 4. The minimum Gasteiger partial charge on any atom is -0.377 e. The van der Waals surface area contributed by atoms with E-state index in [0.717, 1.165) is 33.5 Å². The molecule has 0 fully saturated rings. The smallest absolute Gasteiger partial charge is 0.155 e. The quantitative estimate of drug-likeness (QED) is 0.762. The van der Waals surface area contributed by atoms with Gasteiger partial charge in [0.2, 0.25) is 0 Å². The van der Waals surface area contributed by atoms with Gasteiger partial charge in [-0.3, -0.25) is 0 Å². The Labute approximate surface area is 137 Å². The van der Waals surface area contributed by atoms with Crippen LogP contribution in [0.1, 0.15) is 26.5 Å². The molecule has 3 aromatic rings. The Hall–Kier alpha value is -1.89. The summed E-state index contributed by atoms with van der Waals surface area (Å²) in [5.41, 5.74) is 2.97. The molecule has 2 aromatic heterocycles. The van der Waals surface area contributed by atoms with Gasteiger partial charge in [-0.25, -0.2) is 4.68 Å². The Morgan fingerprint density at radius 3 is 2.77 bits per heavy atom. The van der Waals surface area contributed by atoms with Gasteiger partial charge in [0.25, 0.3) is 0 Å². The van der Waals surface area contributed by atoms with E-state index in [9.17, 15) is 0 Å². The van der Waals surface area contributed by atoms with E-state index in [4.69, 9.17) is 4.52 Å². The Balaban J connectivity index is 1.87. The first-order chi connectivity index (χ1) is 10.4. The number of benzene rings is 1. The van der Waals surface area contributed by atoms with Crippen molar-refractivity contribution in [1.82, 2.24) is 20.2 Å². The normalized spacial score (nSPS) is 12.0. The van der Waals surface area contributed by atoms with Crippen LogP contribution in [0.5, 0.6) is 0 Å². The third-order valence-corrected chi connectivity index (χ3v) is 4.00. The molecule has 0 radical (unpaired) electrons. The number of anilines is 1. The van der Waals surface area contributed by atoms with Gasteiger partial charge in [0, 0.05) is 12.6 Å². The lowest BCUT2D eigenvalue weighted by Gasteiger charge is -2.18. The first kappa shape index (κ1) is 15.0. The second-order valence-electron chi connectivity index (χ2n) is 6.43.